The van der Waals surface area contributed by atoms with E-state index >= 15 is 0 Å². The van der Waals surface area contributed by atoms with Crippen molar-refractivity contribution < 1.29 is 13.7 Å². The molecule has 25 heavy (non-hydrogen) atoms. The highest BCUT2D eigenvalue weighted by Gasteiger charge is 2.25. The van der Waals surface area contributed by atoms with Crippen LogP contribution in [0.4, 0.5) is 0 Å². The van der Waals surface area contributed by atoms with Gasteiger partial charge in [-0.1, -0.05) is 50.5 Å². The Bertz CT molecular complexity index is 602. The van der Waals surface area contributed by atoms with Gasteiger partial charge in [-0.25, -0.2) is 13.7 Å². The van der Waals surface area contributed by atoms with Crippen LogP contribution < -0.4 is 4.72 Å². The van der Waals surface area contributed by atoms with Gasteiger partial charge in [0.05, 0.1) is 10.9 Å². The molecule has 1 rings (SSSR count). The second kappa shape index (κ2) is 9.88. The van der Waals surface area contributed by atoms with Crippen LogP contribution in [-0.2, 0) is 20.5 Å². The molecule has 1 aromatic rings. The van der Waals surface area contributed by atoms with E-state index in [0.29, 0.717) is 16.9 Å². The van der Waals surface area contributed by atoms with Crippen molar-refractivity contribution in [1.29, 1.82) is 0 Å². The summed E-state index contributed by atoms with van der Waals surface area (Å²) in [4.78, 5) is 13.0. The number of carbonyl (C=O) groups excluding carboxylic acids is 1. The van der Waals surface area contributed by atoms with Gasteiger partial charge < -0.3 is 4.74 Å². The molecular weight excluding hydrogens is 334 g/mol. The first-order valence-corrected chi connectivity index (χ1v) is 9.95. The van der Waals surface area contributed by atoms with Gasteiger partial charge in [-0.05, 0) is 46.2 Å². The Balaban J connectivity index is 2.84. The summed E-state index contributed by atoms with van der Waals surface area (Å²) in [6.07, 6.45) is 3.76. The van der Waals surface area contributed by atoms with Crippen LogP contribution in [0.3, 0.4) is 0 Å². The van der Waals surface area contributed by atoms with E-state index in [9.17, 15) is 9.00 Å². The summed E-state index contributed by atoms with van der Waals surface area (Å²) in [5.41, 5.74) is 0.856. The minimum atomic E-state index is -1.41. The predicted molar refractivity (Wildman–Crippen MR) is 104 cm³/mol. The molecule has 1 aromatic carbocycles. The minimum Gasteiger partial charge on any atom is -0.457 e. The second-order valence-electron chi connectivity index (χ2n) is 7.28. The molecule has 2 atom stereocenters. The number of nitrogens with one attached hydrogen (secondary N) is 1. The van der Waals surface area contributed by atoms with Crippen LogP contribution >= 0.6 is 0 Å². The first kappa shape index (κ1) is 21.6. The summed E-state index contributed by atoms with van der Waals surface area (Å²) in [6.45, 7) is 13.5. The number of rotatable bonds is 9. The molecule has 0 saturated carbocycles. The summed E-state index contributed by atoms with van der Waals surface area (Å²) in [5, 5.41) is 0. The molecule has 0 spiro atoms. The molecular formula is C20H31NO3S. The minimum absolute atomic E-state index is 0.325. The van der Waals surface area contributed by atoms with Crippen molar-refractivity contribution in [3.05, 3.63) is 42.0 Å². The van der Waals surface area contributed by atoms with Gasteiger partial charge in [-0.15, -0.1) is 0 Å². The molecule has 0 aliphatic carbocycles. The van der Waals surface area contributed by atoms with Gasteiger partial charge in [-0.3, -0.25) is 0 Å². The molecule has 0 saturated heterocycles. The number of unbranched alkanes of at least 4 members (excludes halogenated alkanes) is 2. The van der Waals surface area contributed by atoms with Crippen LogP contribution in [0.2, 0.25) is 0 Å². The summed E-state index contributed by atoms with van der Waals surface area (Å²) in [7, 11) is -1.41. The molecule has 1 N–H and O–H groups in total. The van der Waals surface area contributed by atoms with E-state index in [1.807, 2.05) is 52.0 Å². The van der Waals surface area contributed by atoms with Crippen molar-refractivity contribution in [3.8, 4) is 0 Å². The molecule has 0 aliphatic heterocycles. The lowest BCUT2D eigenvalue weighted by Crippen LogP contribution is -2.37. The molecule has 0 aromatic heterocycles. The number of esters is 1. The number of hydrogen-bond acceptors (Lipinski definition) is 3. The number of aryl methyl sites for hydroxylation is 1. The molecule has 0 fully saturated rings. The van der Waals surface area contributed by atoms with Crippen LogP contribution in [-0.4, -0.2) is 21.8 Å². The van der Waals surface area contributed by atoms with E-state index in [1.165, 1.54) is 0 Å². The Labute approximate surface area is 154 Å². The maximum absolute atomic E-state index is 12.6. The van der Waals surface area contributed by atoms with Crippen LogP contribution in [0, 0.1) is 6.92 Å². The lowest BCUT2D eigenvalue weighted by Gasteiger charge is -2.24. The molecule has 0 bridgehead atoms. The number of benzene rings is 1. The van der Waals surface area contributed by atoms with Gasteiger partial charge in [0.1, 0.15) is 16.6 Å². The fourth-order valence-corrected chi connectivity index (χ4v) is 3.29. The molecule has 140 valence electrons. The van der Waals surface area contributed by atoms with Crippen molar-refractivity contribution >= 4 is 17.0 Å². The van der Waals surface area contributed by atoms with Gasteiger partial charge in [0, 0.05) is 5.57 Å². The molecule has 0 radical (unpaired) electrons. The molecule has 5 heteroatoms. The van der Waals surface area contributed by atoms with Gasteiger partial charge in [0.25, 0.3) is 0 Å². The highest BCUT2D eigenvalue weighted by Crippen LogP contribution is 2.18. The van der Waals surface area contributed by atoms with E-state index in [1.54, 1.807) is 0 Å². The van der Waals surface area contributed by atoms with Gasteiger partial charge in [-0.2, -0.15) is 0 Å². The van der Waals surface area contributed by atoms with Gasteiger partial charge in [0.15, 0.2) is 0 Å². The van der Waals surface area contributed by atoms with E-state index < -0.39 is 22.6 Å². The van der Waals surface area contributed by atoms with Crippen molar-refractivity contribution in [2.45, 2.75) is 76.8 Å². The lowest BCUT2D eigenvalue weighted by molar-refractivity contribution is -0.150. The van der Waals surface area contributed by atoms with E-state index in [2.05, 4.69) is 18.2 Å². The fourth-order valence-electron chi connectivity index (χ4n) is 2.25. The zero-order valence-corrected chi connectivity index (χ0v) is 16.9. The highest BCUT2D eigenvalue weighted by molar-refractivity contribution is 7.83. The van der Waals surface area contributed by atoms with Crippen LogP contribution in [0.15, 0.2) is 41.3 Å². The molecule has 0 unspecified atom stereocenters. The van der Waals surface area contributed by atoms with Crippen molar-refractivity contribution in [2.75, 3.05) is 0 Å². The van der Waals surface area contributed by atoms with E-state index in [-0.39, 0.29) is 6.04 Å². The Morgan fingerprint density at radius 2 is 1.84 bits per heavy atom. The third-order valence-electron chi connectivity index (χ3n) is 3.66. The first-order chi connectivity index (χ1) is 11.6. The summed E-state index contributed by atoms with van der Waals surface area (Å²) >= 11 is 0. The van der Waals surface area contributed by atoms with Gasteiger partial charge in [0.2, 0.25) is 0 Å². The maximum atomic E-state index is 12.6. The van der Waals surface area contributed by atoms with Crippen molar-refractivity contribution in [1.82, 2.24) is 4.72 Å². The monoisotopic (exact) mass is 365 g/mol. The Morgan fingerprint density at radius 3 is 2.36 bits per heavy atom. The average Bonchev–Trinajstić information content (AvgIpc) is 2.52. The average molecular weight is 366 g/mol. The van der Waals surface area contributed by atoms with E-state index in [0.717, 1.165) is 24.8 Å². The first-order valence-electron chi connectivity index (χ1n) is 8.80. The molecule has 4 nitrogen and oxygen atoms in total. The third-order valence-corrected chi connectivity index (χ3v) is 4.86. The quantitative estimate of drug-likeness (QED) is 0.399. The van der Waals surface area contributed by atoms with Crippen molar-refractivity contribution in [3.63, 3.8) is 0 Å². The Morgan fingerprint density at radius 1 is 1.24 bits per heavy atom. The fraction of sp³-hybridized carbons (Fsp3) is 0.550. The molecule has 0 amide bonds. The lowest BCUT2D eigenvalue weighted by atomic mass is 10.0. The molecule has 0 heterocycles. The Hall–Kier alpha value is -1.46. The standard InChI is InChI=1S/C20H31NO3S/c1-7-8-9-10-18(16(3)19(22)24-20(4,5)6)21-25(23)17-13-11-15(2)12-14-17/h11-14,18,21H,3,7-10H2,1-2,4-6H3/t18-,25-/m0/s1. The number of hydrogen-bond donors (Lipinski definition) is 1. The van der Waals surface area contributed by atoms with Crippen molar-refractivity contribution in [2.24, 2.45) is 0 Å². The highest BCUT2D eigenvalue weighted by atomic mass is 32.2. The zero-order valence-electron chi connectivity index (χ0n) is 16.1. The van der Waals surface area contributed by atoms with E-state index in [4.69, 9.17) is 4.74 Å². The normalized spacial score (nSPS) is 14.0. The Kier molecular flexibility index (Phi) is 8.53. The topological polar surface area (TPSA) is 55.4 Å². The van der Waals surface area contributed by atoms with Crippen LogP contribution in [0.5, 0.6) is 0 Å². The second-order valence-corrected chi connectivity index (χ2v) is 8.52. The summed E-state index contributed by atoms with van der Waals surface area (Å²) in [6, 6.07) is 7.13. The number of ether oxygens (including phenoxy) is 1. The third kappa shape index (κ3) is 7.97. The van der Waals surface area contributed by atoms with Crippen LogP contribution in [0.1, 0.15) is 58.9 Å². The number of carbonyl (C=O) groups is 1. The van der Waals surface area contributed by atoms with Gasteiger partial charge >= 0.3 is 5.97 Å². The van der Waals surface area contributed by atoms with Crippen LogP contribution in [0.25, 0.3) is 0 Å². The zero-order chi connectivity index (χ0) is 19.0. The SMILES string of the molecule is C=C(C(=O)OC(C)(C)C)[C@H](CCCCC)N[S@@](=O)c1ccc(C)cc1. The molecule has 0 aliphatic rings. The summed E-state index contributed by atoms with van der Waals surface area (Å²) < 4.78 is 21.1. The summed E-state index contributed by atoms with van der Waals surface area (Å²) in [5.74, 6) is -0.442. The predicted octanol–water partition coefficient (Wildman–Crippen LogP) is 4.45. The largest absolute Gasteiger partial charge is 0.457 e. The smallest absolute Gasteiger partial charge is 0.335 e. The maximum Gasteiger partial charge on any atom is 0.335 e.